The Kier molecular flexibility index (Phi) is 5.67. The molecule has 7 nitrogen and oxygen atoms in total. The van der Waals surface area contributed by atoms with Crippen molar-refractivity contribution in [3.63, 3.8) is 0 Å². The molecular formula is C22H23N5O2. The van der Waals surface area contributed by atoms with Crippen LogP contribution < -0.4 is 15.5 Å². The van der Waals surface area contributed by atoms with Crippen molar-refractivity contribution in [2.75, 3.05) is 41.8 Å². The molecule has 3 aromatic rings. The molecule has 0 radical (unpaired) electrons. The first-order valence-corrected chi connectivity index (χ1v) is 9.58. The van der Waals surface area contributed by atoms with Gasteiger partial charge in [0.2, 0.25) is 0 Å². The molecule has 1 aliphatic heterocycles. The van der Waals surface area contributed by atoms with Gasteiger partial charge in [-0.1, -0.05) is 30.3 Å². The maximum atomic E-state index is 12.7. The number of nitrogens with one attached hydrogen (secondary N) is 2. The molecule has 4 rings (SSSR count). The first-order chi connectivity index (χ1) is 14.2. The number of aryl methyl sites for hydroxylation is 1. The number of hydrogen-bond acceptors (Lipinski definition) is 6. The molecule has 29 heavy (non-hydrogen) atoms. The summed E-state index contributed by atoms with van der Waals surface area (Å²) >= 11 is 0. The lowest BCUT2D eigenvalue weighted by Crippen LogP contribution is -2.36. The number of amides is 1. The molecule has 1 aliphatic rings. The van der Waals surface area contributed by atoms with Gasteiger partial charge in [-0.25, -0.2) is 9.97 Å². The van der Waals surface area contributed by atoms with Crippen LogP contribution in [-0.4, -0.2) is 42.2 Å². The van der Waals surface area contributed by atoms with Crippen LogP contribution in [0.2, 0.25) is 0 Å². The Morgan fingerprint density at radius 1 is 0.966 bits per heavy atom. The van der Waals surface area contributed by atoms with E-state index in [0.717, 1.165) is 35.7 Å². The molecular weight excluding hydrogens is 366 g/mol. The minimum atomic E-state index is -0.291. The average Bonchev–Trinajstić information content (AvgIpc) is 2.77. The van der Waals surface area contributed by atoms with E-state index in [4.69, 9.17) is 4.74 Å². The molecule has 1 fully saturated rings. The van der Waals surface area contributed by atoms with Gasteiger partial charge in [0, 0.05) is 18.8 Å². The molecule has 2 aromatic carbocycles. The summed E-state index contributed by atoms with van der Waals surface area (Å²) in [5, 5.41) is 6.17. The summed E-state index contributed by atoms with van der Waals surface area (Å²) in [6.07, 6.45) is 3.04. The normalized spacial score (nSPS) is 13.8. The quantitative estimate of drug-likeness (QED) is 0.694. The van der Waals surface area contributed by atoms with E-state index in [1.54, 1.807) is 6.20 Å². The molecule has 2 heterocycles. The number of para-hydroxylation sites is 3. The largest absolute Gasteiger partial charge is 0.378 e. The van der Waals surface area contributed by atoms with Gasteiger partial charge in [0.15, 0.2) is 0 Å². The second-order valence-corrected chi connectivity index (χ2v) is 6.80. The summed E-state index contributed by atoms with van der Waals surface area (Å²) in [6, 6.07) is 15.7. The molecule has 7 heteroatoms. The van der Waals surface area contributed by atoms with Gasteiger partial charge in [0.1, 0.15) is 11.5 Å². The third-order valence-corrected chi connectivity index (χ3v) is 4.80. The number of ether oxygens (including phenoxy) is 1. The molecule has 0 spiro atoms. The number of carbonyl (C=O) groups is 1. The zero-order valence-corrected chi connectivity index (χ0v) is 16.3. The Morgan fingerprint density at radius 3 is 2.41 bits per heavy atom. The van der Waals surface area contributed by atoms with E-state index in [-0.39, 0.29) is 11.6 Å². The Labute approximate surface area is 169 Å². The van der Waals surface area contributed by atoms with E-state index >= 15 is 0 Å². The Morgan fingerprint density at radius 2 is 1.69 bits per heavy atom. The molecule has 0 bridgehead atoms. The predicted octanol–water partition coefficient (Wildman–Crippen LogP) is 3.62. The molecule has 0 unspecified atom stereocenters. The Hall–Kier alpha value is -3.45. The van der Waals surface area contributed by atoms with Gasteiger partial charge in [-0.05, 0) is 30.7 Å². The highest BCUT2D eigenvalue weighted by atomic mass is 16.5. The second-order valence-electron chi connectivity index (χ2n) is 6.80. The highest BCUT2D eigenvalue weighted by Gasteiger charge is 2.17. The number of morpholine rings is 1. The number of aromatic nitrogens is 2. The van der Waals surface area contributed by atoms with Crippen LogP contribution in [0.15, 0.2) is 60.9 Å². The summed E-state index contributed by atoms with van der Waals surface area (Å²) in [6.45, 7) is 4.98. The second kappa shape index (κ2) is 8.70. The summed E-state index contributed by atoms with van der Waals surface area (Å²) < 4.78 is 5.42. The van der Waals surface area contributed by atoms with E-state index in [2.05, 4.69) is 25.5 Å². The van der Waals surface area contributed by atoms with Crippen LogP contribution in [-0.2, 0) is 4.74 Å². The zero-order valence-electron chi connectivity index (χ0n) is 16.3. The fourth-order valence-electron chi connectivity index (χ4n) is 3.21. The standard InChI is InChI=1S/C22H23N5O2/c1-16-6-2-3-7-17(16)25-21-15-23-19(14-24-21)22(28)26-18-8-4-5-9-20(18)27-10-12-29-13-11-27/h2-9,14-15H,10-13H2,1H3,(H,24,25)(H,26,28). The first kappa shape index (κ1) is 18.9. The molecule has 148 valence electrons. The highest BCUT2D eigenvalue weighted by molar-refractivity contribution is 6.04. The average molecular weight is 389 g/mol. The fourth-order valence-corrected chi connectivity index (χ4v) is 3.21. The monoisotopic (exact) mass is 389 g/mol. The van der Waals surface area contributed by atoms with Crippen molar-refractivity contribution in [1.29, 1.82) is 0 Å². The van der Waals surface area contributed by atoms with E-state index in [1.165, 1.54) is 6.20 Å². The molecule has 0 saturated carbocycles. The molecule has 1 saturated heterocycles. The lowest BCUT2D eigenvalue weighted by molar-refractivity contribution is 0.102. The highest BCUT2D eigenvalue weighted by Crippen LogP contribution is 2.26. The van der Waals surface area contributed by atoms with Gasteiger partial charge >= 0.3 is 0 Å². The maximum Gasteiger partial charge on any atom is 0.275 e. The minimum Gasteiger partial charge on any atom is -0.378 e. The molecule has 1 aromatic heterocycles. The SMILES string of the molecule is Cc1ccccc1Nc1cnc(C(=O)Nc2ccccc2N2CCOCC2)cn1. The summed E-state index contributed by atoms with van der Waals surface area (Å²) in [5.41, 5.74) is 4.06. The first-order valence-electron chi connectivity index (χ1n) is 9.58. The van der Waals surface area contributed by atoms with E-state index in [0.29, 0.717) is 19.0 Å². The van der Waals surface area contributed by atoms with Crippen LogP contribution in [0.4, 0.5) is 22.9 Å². The van der Waals surface area contributed by atoms with E-state index < -0.39 is 0 Å². The molecule has 0 aliphatic carbocycles. The van der Waals surface area contributed by atoms with Gasteiger partial charge in [-0.3, -0.25) is 4.79 Å². The number of hydrogen-bond donors (Lipinski definition) is 2. The van der Waals surface area contributed by atoms with Crippen molar-refractivity contribution in [3.8, 4) is 0 Å². The molecule has 0 atom stereocenters. The van der Waals surface area contributed by atoms with Gasteiger partial charge in [0.05, 0.1) is 37.0 Å². The smallest absolute Gasteiger partial charge is 0.275 e. The van der Waals surface area contributed by atoms with Crippen LogP contribution in [0.3, 0.4) is 0 Å². The van der Waals surface area contributed by atoms with Crippen LogP contribution in [0.25, 0.3) is 0 Å². The van der Waals surface area contributed by atoms with Crippen LogP contribution >= 0.6 is 0 Å². The lowest BCUT2D eigenvalue weighted by Gasteiger charge is -2.30. The van der Waals surface area contributed by atoms with Crippen molar-refractivity contribution >= 4 is 28.8 Å². The number of anilines is 4. The van der Waals surface area contributed by atoms with E-state index in [1.807, 2.05) is 55.5 Å². The van der Waals surface area contributed by atoms with E-state index in [9.17, 15) is 4.79 Å². The van der Waals surface area contributed by atoms with Gasteiger partial charge in [0.25, 0.3) is 5.91 Å². The number of benzene rings is 2. The number of nitrogens with zero attached hydrogens (tertiary/aromatic N) is 3. The van der Waals surface area contributed by atoms with Crippen molar-refractivity contribution < 1.29 is 9.53 Å². The maximum absolute atomic E-state index is 12.7. The molecule has 2 N–H and O–H groups in total. The summed E-state index contributed by atoms with van der Waals surface area (Å²) in [4.78, 5) is 23.5. The van der Waals surface area contributed by atoms with Gasteiger partial charge < -0.3 is 20.3 Å². The van der Waals surface area contributed by atoms with Crippen molar-refractivity contribution in [2.45, 2.75) is 6.92 Å². The topological polar surface area (TPSA) is 79.4 Å². The minimum absolute atomic E-state index is 0.261. The molecule has 1 amide bonds. The Balaban J connectivity index is 1.46. The Bertz CT molecular complexity index is 985. The third-order valence-electron chi connectivity index (χ3n) is 4.80. The fraction of sp³-hybridized carbons (Fsp3) is 0.227. The lowest BCUT2D eigenvalue weighted by atomic mass is 10.2. The summed E-state index contributed by atoms with van der Waals surface area (Å²) in [5.74, 6) is 0.296. The summed E-state index contributed by atoms with van der Waals surface area (Å²) in [7, 11) is 0. The van der Waals surface area contributed by atoms with Crippen LogP contribution in [0, 0.1) is 6.92 Å². The van der Waals surface area contributed by atoms with Gasteiger partial charge in [-0.2, -0.15) is 0 Å². The third kappa shape index (κ3) is 4.52. The number of rotatable bonds is 5. The van der Waals surface area contributed by atoms with Crippen LogP contribution in [0.1, 0.15) is 16.1 Å². The zero-order chi connectivity index (χ0) is 20.1. The van der Waals surface area contributed by atoms with Crippen LogP contribution in [0.5, 0.6) is 0 Å². The van der Waals surface area contributed by atoms with Crippen molar-refractivity contribution in [1.82, 2.24) is 9.97 Å². The predicted molar refractivity (Wildman–Crippen MR) is 114 cm³/mol. The van der Waals surface area contributed by atoms with Crippen molar-refractivity contribution in [3.05, 3.63) is 72.2 Å². The van der Waals surface area contributed by atoms with Crippen molar-refractivity contribution in [2.24, 2.45) is 0 Å². The number of carbonyl (C=O) groups excluding carboxylic acids is 1. The van der Waals surface area contributed by atoms with Gasteiger partial charge in [-0.15, -0.1) is 0 Å².